The van der Waals surface area contributed by atoms with Crippen LogP contribution in [0.1, 0.15) is 17.4 Å². The van der Waals surface area contributed by atoms with Crippen molar-refractivity contribution in [3.63, 3.8) is 0 Å². The lowest BCUT2D eigenvalue weighted by Crippen LogP contribution is -2.30. The van der Waals surface area contributed by atoms with Crippen LogP contribution in [0.15, 0.2) is 41.7 Å². The molecule has 0 amide bonds. The number of nitrogens with one attached hydrogen (secondary N) is 1. The van der Waals surface area contributed by atoms with Crippen LogP contribution in [-0.4, -0.2) is 36.0 Å². The Labute approximate surface area is 115 Å². The Morgan fingerprint density at radius 1 is 1.40 bits per heavy atom. The van der Waals surface area contributed by atoms with E-state index in [-0.39, 0.29) is 17.1 Å². The third kappa shape index (κ3) is 2.50. The number of rotatable bonds is 5. The fourth-order valence-corrected chi connectivity index (χ4v) is 3.24. The molecule has 2 N–H and O–H groups in total. The number of pyridine rings is 1. The zero-order valence-corrected chi connectivity index (χ0v) is 11.5. The Morgan fingerprint density at radius 3 is 2.55 bits per heavy atom. The van der Waals surface area contributed by atoms with E-state index in [0.717, 1.165) is 6.07 Å². The van der Waals surface area contributed by atoms with E-state index in [2.05, 4.69) is 9.97 Å². The first-order valence-corrected chi connectivity index (χ1v) is 7.25. The highest BCUT2D eigenvalue weighted by molar-refractivity contribution is 7.92. The van der Waals surface area contributed by atoms with Gasteiger partial charge in [-0.25, -0.2) is 13.2 Å². The molecule has 20 heavy (non-hydrogen) atoms. The maximum atomic E-state index is 12.5. The molecule has 106 valence electrons. The summed E-state index contributed by atoms with van der Waals surface area (Å²) < 4.78 is 26.2. The first-order chi connectivity index (χ1) is 9.46. The van der Waals surface area contributed by atoms with Crippen LogP contribution in [0.4, 0.5) is 5.69 Å². The zero-order valence-electron chi connectivity index (χ0n) is 10.6. The molecule has 0 unspecified atom stereocenters. The first-order valence-electron chi connectivity index (χ1n) is 5.81. The van der Waals surface area contributed by atoms with Crippen molar-refractivity contribution < 1.29 is 18.3 Å². The molecular weight excluding hydrogens is 282 g/mol. The van der Waals surface area contributed by atoms with Gasteiger partial charge in [0, 0.05) is 25.1 Å². The summed E-state index contributed by atoms with van der Waals surface area (Å²) in [4.78, 5) is 17.0. The van der Waals surface area contributed by atoms with Gasteiger partial charge in [0.1, 0.15) is 10.6 Å². The summed E-state index contributed by atoms with van der Waals surface area (Å²) in [5.74, 6) is -1.21. The number of hydrogen-bond donors (Lipinski definition) is 2. The normalized spacial score (nSPS) is 11.2. The molecule has 0 fully saturated rings. The summed E-state index contributed by atoms with van der Waals surface area (Å²) in [5.41, 5.74) is 0.301. The van der Waals surface area contributed by atoms with Gasteiger partial charge in [0.15, 0.2) is 0 Å². The molecule has 2 rings (SSSR count). The zero-order chi connectivity index (χ0) is 14.8. The molecule has 0 bridgehead atoms. The molecule has 0 aromatic carbocycles. The second-order valence-corrected chi connectivity index (χ2v) is 5.79. The summed E-state index contributed by atoms with van der Waals surface area (Å²) in [6.07, 6.45) is 4.16. The van der Waals surface area contributed by atoms with Crippen LogP contribution in [0.25, 0.3) is 0 Å². The molecule has 0 aliphatic rings. The number of aromatic amines is 1. The second-order valence-electron chi connectivity index (χ2n) is 3.93. The van der Waals surface area contributed by atoms with Crippen LogP contribution in [0.5, 0.6) is 0 Å². The number of anilines is 1. The molecule has 0 radical (unpaired) electrons. The number of carboxylic acid groups (broad SMARTS) is 1. The van der Waals surface area contributed by atoms with Crippen LogP contribution < -0.4 is 4.31 Å². The van der Waals surface area contributed by atoms with E-state index in [1.165, 1.54) is 22.9 Å². The highest BCUT2D eigenvalue weighted by Crippen LogP contribution is 2.23. The van der Waals surface area contributed by atoms with E-state index in [1.54, 1.807) is 19.1 Å². The second kappa shape index (κ2) is 5.33. The number of aromatic carboxylic acids is 1. The fourth-order valence-electron chi connectivity index (χ4n) is 1.78. The third-order valence-corrected chi connectivity index (χ3v) is 4.59. The third-order valence-electron chi connectivity index (χ3n) is 2.71. The number of hydrogen-bond acceptors (Lipinski definition) is 4. The Kier molecular flexibility index (Phi) is 3.75. The molecule has 2 aromatic heterocycles. The maximum Gasteiger partial charge on any atom is 0.352 e. The molecule has 0 aliphatic carbocycles. The van der Waals surface area contributed by atoms with Crippen molar-refractivity contribution in [3.05, 3.63) is 42.5 Å². The smallest absolute Gasteiger partial charge is 0.352 e. The van der Waals surface area contributed by atoms with Gasteiger partial charge in [-0.3, -0.25) is 9.29 Å². The molecule has 0 atom stereocenters. The molecule has 2 aromatic rings. The minimum atomic E-state index is -3.81. The van der Waals surface area contributed by atoms with E-state index >= 15 is 0 Å². The number of sulfonamides is 1. The van der Waals surface area contributed by atoms with Crippen molar-refractivity contribution in [1.82, 2.24) is 9.97 Å². The largest absolute Gasteiger partial charge is 0.477 e. The average molecular weight is 295 g/mol. The minimum Gasteiger partial charge on any atom is -0.477 e. The lowest BCUT2D eigenvalue weighted by Gasteiger charge is -2.21. The predicted octanol–water partition coefficient (Wildman–Crippen LogP) is 1.32. The number of H-pyrrole nitrogens is 1. The summed E-state index contributed by atoms with van der Waals surface area (Å²) >= 11 is 0. The summed E-state index contributed by atoms with van der Waals surface area (Å²) in [7, 11) is -3.81. The lowest BCUT2D eigenvalue weighted by atomic mass is 10.4. The number of carbonyl (C=O) groups is 1. The summed E-state index contributed by atoms with van der Waals surface area (Å²) in [6.45, 7) is 1.92. The molecule has 7 nitrogen and oxygen atoms in total. The molecule has 8 heteroatoms. The Morgan fingerprint density at radius 2 is 2.05 bits per heavy atom. The van der Waals surface area contributed by atoms with Gasteiger partial charge in [0.2, 0.25) is 0 Å². The summed E-state index contributed by atoms with van der Waals surface area (Å²) in [6, 6.07) is 4.25. The Hall–Kier alpha value is -2.35. The summed E-state index contributed by atoms with van der Waals surface area (Å²) in [5, 5.41) is 8.83. The van der Waals surface area contributed by atoms with Gasteiger partial charge in [0.25, 0.3) is 10.0 Å². The van der Waals surface area contributed by atoms with Gasteiger partial charge in [0.05, 0.1) is 5.69 Å². The van der Waals surface area contributed by atoms with Gasteiger partial charge < -0.3 is 10.1 Å². The van der Waals surface area contributed by atoms with Crippen LogP contribution in [-0.2, 0) is 10.0 Å². The molecule has 0 saturated carbocycles. The van der Waals surface area contributed by atoms with Crippen molar-refractivity contribution in [2.45, 2.75) is 11.8 Å². The fraction of sp³-hybridized carbons (Fsp3) is 0.167. The Bertz CT molecular complexity index is 709. The average Bonchev–Trinajstić information content (AvgIpc) is 2.91. The quantitative estimate of drug-likeness (QED) is 0.866. The van der Waals surface area contributed by atoms with E-state index < -0.39 is 16.0 Å². The standard InChI is InChI=1S/C12H13N3O4S/c1-2-15(9-3-5-13-6-4-9)20(18,19)10-7-11(12(16)17)14-8-10/h3-8,14H,2H2,1H3,(H,16,17). The van der Waals surface area contributed by atoms with E-state index in [1.807, 2.05) is 0 Å². The number of nitrogens with zero attached hydrogens (tertiary/aromatic N) is 2. The first kappa shape index (κ1) is 14.1. The van der Waals surface area contributed by atoms with E-state index in [0.29, 0.717) is 5.69 Å². The number of carboxylic acids is 1. The Balaban J connectivity index is 2.44. The number of aromatic nitrogens is 2. The molecule has 0 spiro atoms. The topological polar surface area (TPSA) is 103 Å². The molecule has 0 saturated heterocycles. The lowest BCUT2D eigenvalue weighted by molar-refractivity contribution is 0.0691. The van der Waals surface area contributed by atoms with Crippen molar-refractivity contribution in [3.8, 4) is 0 Å². The monoisotopic (exact) mass is 295 g/mol. The van der Waals surface area contributed by atoms with Gasteiger partial charge in [-0.15, -0.1) is 0 Å². The van der Waals surface area contributed by atoms with Crippen LogP contribution in [0.3, 0.4) is 0 Å². The molecular formula is C12H13N3O4S. The van der Waals surface area contributed by atoms with Crippen LogP contribution in [0, 0.1) is 0 Å². The van der Waals surface area contributed by atoms with Crippen LogP contribution in [0.2, 0.25) is 0 Å². The van der Waals surface area contributed by atoms with Crippen LogP contribution >= 0.6 is 0 Å². The van der Waals surface area contributed by atoms with Gasteiger partial charge in [-0.05, 0) is 25.1 Å². The van der Waals surface area contributed by atoms with Gasteiger partial charge >= 0.3 is 5.97 Å². The van der Waals surface area contributed by atoms with Crippen molar-refractivity contribution in [1.29, 1.82) is 0 Å². The maximum absolute atomic E-state index is 12.5. The minimum absolute atomic E-state index is 0.0893. The van der Waals surface area contributed by atoms with Crippen molar-refractivity contribution in [2.24, 2.45) is 0 Å². The van der Waals surface area contributed by atoms with E-state index in [4.69, 9.17) is 5.11 Å². The molecule has 2 heterocycles. The van der Waals surface area contributed by atoms with Gasteiger partial charge in [-0.2, -0.15) is 0 Å². The highest BCUT2D eigenvalue weighted by atomic mass is 32.2. The molecule has 0 aliphatic heterocycles. The van der Waals surface area contributed by atoms with E-state index in [9.17, 15) is 13.2 Å². The SMILES string of the molecule is CCN(c1ccncc1)S(=O)(=O)c1c[nH]c(C(=O)O)c1. The predicted molar refractivity (Wildman–Crippen MR) is 72.2 cm³/mol. The van der Waals surface area contributed by atoms with Gasteiger partial charge in [-0.1, -0.05) is 0 Å². The van der Waals surface area contributed by atoms with Crippen molar-refractivity contribution >= 4 is 21.7 Å². The highest BCUT2D eigenvalue weighted by Gasteiger charge is 2.25. The van der Waals surface area contributed by atoms with Crippen molar-refractivity contribution in [2.75, 3.05) is 10.8 Å².